The number of aromatic nitrogens is 2. The Morgan fingerprint density at radius 1 is 1.38 bits per heavy atom. The molecule has 21 heavy (non-hydrogen) atoms. The summed E-state index contributed by atoms with van der Waals surface area (Å²) >= 11 is 11.8. The van der Waals surface area contributed by atoms with E-state index in [0.717, 1.165) is 17.7 Å². The lowest BCUT2D eigenvalue weighted by Gasteiger charge is -2.04. The van der Waals surface area contributed by atoms with Crippen LogP contribution in [0.1, 0.15) is 18.1 Å². The summed E-state index contributed by atoms with van der Waals surface area (Å²) in [5, 5.41) is 7.89. The fourth-order valence-corrected chi connectivity index (χ4v) is 2.03. The number of hydrogen-bond acceptors (Lipinski definition) is 2. The first-order valence-corrected chi connectivity index (χ1v) is 7.26. The van der Waals surface area contributed by atoms with E-state index in [4.69, 9.17) is 23.2 Å². The van der Waals surface area contributed by atoms with Gasteiger partial charge in [0, 0.05) is 30.9 Å². The number of amides is 1. The maximum atomic E-state index is 11.7. The van der Waals surface area contributed by atoms with Gasteiger partial charge in [0.2, 0.25) is 5.91 Å². The van der Waals surface area contributed by atoms with Crippen LogP contribution < -0.4 is 5.32 Å². The van der Waals surface area contributed by atoms with Gasteiger partial charge in [-0.3, -0.25) is 9.48 Å². The van der Waals surface area contributed by atoms with Crippen molar-refractivity contribution in [1.82, 2.24) is 15.1 Å². The first-order chi connectivity index (χ1) is 10.1. The first kappa shape index (κ1) is 15.6. The maximum Gasteiger partial charge on any atom is 0.244 e. The number of nitrogens with one attached hydrogen (secondary N) is 1. The Labute approximate surface area is 133 Å². The van der Waals surface area contributed by atoms with Crippen LogP contribution in [0.4, 0.5) is 0 Å². The van der Waals surface area contributed by atoms with Gasteiger partial charge in [0.05, 0.1) is 16.2 Å². The SMILES string of the molecule is CCn1cc(C=CC(=O)NCc2ccc(Cl)c(Cl)c2)cn1. The second-order valence-corrected chi connectivity index (χ2v) is 5.24. The Morgan fingerprint density at radius 3 is 2.86 bits per heavy atom. The molecule has 110 valence electrons. The summed E-state index contributed by atoms with van der Waals surface area (Å²) in [6.45, 7) is 3.20. The fourth-order valence-electron chi connectivity index (χ4n) is 1.71. The van der Waals surface area contributed by atoms with E-state index in [-0.39, 0.29) is 5.91 Å². The first-order valence-electron chi connectivity index (χ1n) is 6.50. The maximum absolute atomic E-state index is 11.7. The average Bonchev–Trinajstić information content (AvgIpc) is 2.94. The van der Waals surface area contributed by atoms with Crippen LogP contribution in [0.2, 0.25) is 10.0 Å². The summed E-state index contributed by atoms with van der Waals surface area (Å²) in [6.07, 6.45) is 6.80. The van der Waals surface area contributed by atoms with Crippen LogP contribution in [0.5, 0.6) is 0 Å². The van der Waals surface area contributed by atoms with Gasteiger partial charge in [-0.25, -0.2) is 0 Å². The minimum atomic E-state index is -0.176. The number of rotatable bonds is 5. The van der Waals surface area contributed by atoms with E-state index in [0.29, 0.717) is 16.6 Å². The second-order valence-electron chi connectivity index (χ2n) is 4.43. The number of carbonyl (C=O) groups is 1. The van der Waals surface area contributed by atoms with Crippen molar-refractivity contribution in [1.29, 1.82) is 0 Å². The topological polar surface area (TPSA) is 46.9 Å². The summed E-state index contributed by atoms with van der Waals surface area (Å²) in [4.78, 5) is 11.7. The van der Waals surface area contributed by atoms with Gasteiger partial charge < -0.3 is 5.32 Å². The third kappa shape index (κ3) is 4.62. The van der Waals surface area contributed by atoms with E-state index >= 15 is 0 Å². The Morgan fingerprint density at radius 2 is 2.19 bits per heavy atom. The van der Waals surface area contributed by atoms with E-state index in [1.165, 1.54) is 6.08 Å². The second kappa shape index (κ2) is 7.29. The average molecular weight is 324 g/mol. The molecule has 6 heteroatoms. The molecule has 2 aromatic rings. The molecule has 0 saturated carbocycles. The molecule has 0 aliphatic heterocycles. The van der Waals surface area contributed by atoms with Crippen LogP contribution in [0.3, 0.4) is 0 Å². The Bertz CT molecular complexity index is 665. The fraction of sp³-hybridized carbons (Fsp3) is 0.200. The molecule has 4 nitrogen and oxygen atoms in total. The molecule has 1 aromatic heterocycles. The van der Waals surface area contributed by atoms with Gasteiger partial charge in [-0.1, -0.05) is 29.3 Å². The highest BCUT2D eigenvalue weighted by molar-refractivity contribution is 6.42. The largest absolute Gasteiger partial charge is 0.348 e. The summed E-state index contributed by atoms with van der Waals surface area (Å²) in [6, 6.07) is 5.27. The predicted octanol–water partition coefficient (Wildman–Crippen LogP) is 3.54. The number of halogens is 2. The van der Waals surface area contributed by atoms with Crippen LogP contribution in [0.15, 0.2) is 36.7 Å². The smallest absolute Gasteiger partial charge is 0.244 e. The molecular weight excluding hydrogens is 309 g/mol. The number of hydrogen-bond donors (Lipinski definition) is 1. The van der Waals surface area contributed by atoms with Crippen LogP contribution in [0.25, 0.3) is 6.08 Å². The van der Waals surface area contributed by atoms with Crippen LogP contribution in [-0.2, 0) is 17.9 Å². The van der Waals surface area contributed by atoms with Crippen molar-refractivity contribution in [3.05, 3.63) is 57.8 Å². The molecule has 0 unspecified atom stereocenters. The van der Waals surface area contributed by atoms with E-state index < -0.39 is 0 Å². The van der Waals surface area contributed by atoms with Gasteiger partial charge >= 0.3 is 0 Å². The lowest BCUT2D eigenvalue weighted by atomic mass is 10.2. The zero-order valence-electron chi connectivity index (χ0n) is 11.5. The molecule has 0 aliphatic rings. The molecule has 0 saturated heterocycles. The van der Waals surface area contributed by atoms with Crippen molar-refractivity contribution in [2.75, 3.05) is 0 Å². The number of nitrogens with zero attached hydrogens (tertiary/aromatic N) is 2. The molecule has 0 spiro atoms. The predicted molar refractivity (Wildman–Crippen MR) is 85.2 cm³/mol. The summed E-state index contributed by atoms with van der Waals surface area (Å²) in [5.74, 6) is -0.176. The zero-order chi connectivity index (χ0) is 15.2. The highest BCUT2D eigenvalue weighted by atomic mass is 35.5. The van der Waals surface area contributed by atoms with Gasteiger partial charge in [0.25, 0.3) is 0 Å². The molecular formula is C15H15Cl2N3O. The molecule has 2 rings (SSSR count). The van der Waals surface area contributed by atoms with Gasteiger partial charge in [0.1, 0.15) is 0 Å². The van der Waals surface area contributed by atoms with Crippen molar-refractivity contribution >= 4 is 35.2 Å². The van der Waals surface area contributed by atoms with Crippen molar-refractivity contribution in [2.45, 2.75) is 20.0 Å². The van der Waals surface area contributed by atoms with E-state index in [1.54, 1.807) is 29.1 Å². The normalized spacial score (nSPS) is 11.0. The minimum Gasteiger partial charge on any atom is -0.348 e. The van der Waals surface area contributed by atoms with Crippen LogP contribution in [-0.4, -0.2) is 15.7 Å². The van der Waals surface area contributed by atoms with Crippen LogP contribution >= 0.6 is 23.2 Å². The monoisotopic (exact) mass is 323 g/mol. The molecule has 0 bridgehead atoms. The molecule has 1 amide bonds. The Hall–Kier alpha value is -1.78. The van der Waals surface area contributed by atoms with Gasteiger partial charge in [-0.2, -0.15) is 5.10 Å². The van der Waals surface area contributed by atoms with Crippen LogP contribution in [0, 0.1) is 0 Å². The molecule has 0 fully saturated rings. The Balaban J connectivity index is 1.88. The molecule has 1 heterocycles. The van der Waals surface area contributed by atoms with E-state index in [2.05, 4.69) is 10.4 Å². The molecule has 0 radical (unpaired) electrons. The van der Waals surface area contributed by atoms with Crippen molar-refractivity contribution in [3.63, 3.8) is 0 Å². The van der Waals surface area contributed by atoms with Crippen molar-refractivity contribution in [2.24, 2.45) is 0 Å². The van der Waals surface area contributed by atoms with Gasteiger partial charge in [-0.15, -0.1) is 0 Å². The third-order valence-electron chi connectivity index (χ3n) is 2.86. The zero-order valence-corrected chi connectivity index (χ0v) is 13.0. The van der Waals surface area contributed by atoms with E-state index in [1.807, 2.05) is 19.2 Å². The number of benzene rings is 1. The molecule has 0 aliphatic carbocycles. The Kier molecular flexibility index (Phi) is 5.42. The minimum absolute atomic E-state index is 0.176. The molecule has 1 N–H and O–H groups in total. The number of carbonyl (C=O) groups excluding carboxylic acids is 1. The lowest BCUT2D eigenvalue weighted by Crippen LogP contribution is -2.20. The summed E-state index contributed by atoms with van der Waals surface area (Å²) in [7, 11) is 0. The number of aryl methyl sites for hydroxylation is 1. The quantitative estimate of drug-likeness (QED) is 0.855. The standard InChI is InChI=1S/C15H15Cl2N3O/c1-2-20-10-12(9-19-20)4-6-15(21)18-8-11-3-5-13(16)14(17)7-11/h3-7,9-10H,2,8H2,1H3,(H,18,21). The highest BCUT2D eigenvalue weighted by Gasteiger charge is 2.01. The third-order valence-corrected chi connectivity index (χ3v) is 3.59. The highest BCUT2D eigenvalue weighted by Crippen LogP contribution is 2.22. The molecule has 0 atom stereocenters. The van der Waals surface area contributed by atoms with Gasteiger partial charge in [-0.05, 0) is 30.7 Å². The van der Waals surface area contributed by atoms with Crippen molar-refractivity contribution < 1.29 is 4.79 Å². The van der Waals surface area contributed by atoms with Crippen molar-refractivity contribution in [3.8, 4) is 0 Å². The summed E-state index contributed by atoms with van der Waals surface area (Å²) in [5.41, 5.74) is 1.78. The summed E-state index contributed by atoms with van der Waals surface area (Å²) < 4.78 is 1.80. The van der Waals surface area contributed by atoms with Gasteiger partial charge in [0.15, 0.2) is 0 Å². The lowest BCUT2D eigenvalue weighted by molar-refractivity contribution is -0.116. The van der Waals surface area contributed by atoms with E-state index in [9.17, 15) is 4.79 Å². The molecule has 1 aromatic carbocycles.